The van der Waals surface area contributed by atoms with Crippen LogP contribution in [-0.2, 0) is 6.42 Å². The van der Waals surface area contributed by atoms with Crippen LogP contribution in [0.25, 0.3) is 0 Å². The van der Waals surface area contributed by atoms with Gasteiger partial charge in [0, 0.05) is 15.8 Å². The van der Waals surface area contributed by atoms with E-state index in [1.165, 1.54) is 5.56 Å². The summed E-state index contributed by atoms with van der Waals surface area (Å²) in [6.07, 6.45) is 1.00. The van der Waals surface area contributed by atoms with E-state index in [4.69, 9.17) is 0 Å². The minimum atomic E-state index is -0.0528. The van der Waals surface area contributed by atoms with Crippen LogP contribution >= 0.6 is 11.8 Å². The van der Waals surface area contributed by atoms with E-state index in [1.807, 2.05) is 48.5 Å². The summed E-state index contributed by atoms with van der Waals surface area (Å²) in [6.45, 7) is 6.37. The number of amides is 1. The number of carbonyl (C=O) groups is 1. The van der Waals surface area contributed by atoms with E-state index in [0.717, 1.165) is 22.6 Å². The van der Waals surface area contributed by atoms with Gasteiger partial charge < -0.3 is 5.32 Å². The number of anilines is 1. The zero-order valence-electron chi connectivity index (χ0n) is 12.7. The molecule has 0 fully saturated rings. The van der Waals surface area contributed by atoms with Crippen LogP contribution in [-0.4, -0.2) is 11.2 Å². The number of hydrogen-bond donors (Lipinski definition) is 1. The first-order valence-electron chi connectivity index (χ1n) is 7.26. The summed E-state index contributed by atoms with van der Waals surface area (Å²) in [5, 5.41) is 3.42. The molecule has 0 aromatic heterocycles. The van der Waals surface area contributed by atoms with Gasteiger partial charge in [-0.1, -0.05) is 45.0 Å². The Bertz CT molecular complexity index is 605. The van der Waals surface area contributed by atoms with Gasteiger partial charge in [-0.2, -0.15) is 0 Å². The molecule has 2 aromatic carbocycles. The minimum Gasteiger partial charge on any atom is -0.322 e. The van der Waals surface area contributed by atoms with E-state index >= 15 is 0 Å². The number of rotatable bonds is 5. The number of thioether (sulfide) groups is 1. The van der Waals surface area contributed by atoms with E-state index in [0.29, 0.717) is 5.25 Å². The Kier molecular flexibility index (Phi) is 5.45. The normalized spacial score (nSPS) is 10.7. The molecule has 0 saturated carbocycles. The molecule has 3 heteroatoms. The maximum Gasteiger partial charge on any atom is 0.256 e. The molecule has 21 heavy (non-hydrogen) atoms. The largest absolute Gasteiger partial charge is 0.322 e. The van der Waals surface area contributed by atoms with Crippen molar-refractivity contribution >= 4 is 23.4 Å². The lowest BCUT2D eigenvalue weighted by atomic mass is 10.1. The first kappa shape index (κ1) is 15.6. The van der Waals surface area contributed by atoms with Gasteiger partial charge in [0.05, 0.1) is 5.56 Å². The second-order valence-electron chi connectivity index (χ2n) is 5.17. The average Bonchev–Trinajstić information content (AvgIpc) is 2.48. The quantitative estimate of drug-likeness (QED) is 0.787. The predicted molar refractivity (Wildman–Crippen MR) is 91.2 cm³/mol. The summed E-state index contributed by atoms with van der Waals surface area (Å²) in [5.74, 6) is -0.0528. The lowest BCUT2D eigenvalue weighted by molar-refractivity contribution is 0.102. The lowest BCUT2D eigenvalue weighted by Gasteiger charge is -2.11. The van der Waals surface area contributed by atoms with Crippen LogP contribution in [0.4, 0.5) is 5.69 Å². The molecule has 2 nitrogen and oxygen atoms in total. The molecule has 0 atom stereocenters. The van der Waals surface area contributed by atoms with Gasteiger partial charge >= 0.3 is 0 Å². The third-order valence-corrected chi connectivity index (χ3v) is 4.20. The van der Waals surface area contributed by atoms with Crippen molar-refractivity contribution in [1.29, 1.82) is 0 Å². The molecule has 0 saturated heterocycles. The van der Waals surface area contributed by atoms with Crippen molar-refractivity contribution in [3.63, 3.8) is 0 Å². The highest BCUT2D eigenvalue weighted by Crippen LogP contribution is 2.27. The predicted octanol–water partition coefficient (Wildman–Crippen LogP) is 5.00. The number of carbonyl (C=O) groups excluding carboxylic acids is 1. The minimum absolute atomic E-state index is 0.0528. The van der Waals surface area contributed by atoms with Crippen molar-refractivity contribution in [3.8, 4) is 0 Å². The second-order valence-corrected chi connectivity index (χ2v) is 6.79. The van der Waals surface area contributed by atoms with Crippen LogP contribution in [0.1, 0.15) is 36.7 Å². The summed E-state index contributed by atoms with van der Waals surface area (Å²) >= 11 is 1.71. The molecule has 1 amide bonds. The Balaban J connectivity index is 2.16. The smallest absolute Gasteiger partial charge is 0.256 e. The number of nitrogens with one attached hydrogen (secondary N) is 1. The summed E-state index contributed by atoms with van der Waals surface area (Å²) in [6, 6.07) is 15.7. The zero-order chi connectivity index (χ0) is 15.2. The topological polar surface area (TPSA) is 29.1 Å². The van der Waals surface area contributed by atoms with Gasteiger partial charge in [0.25, 0.3) is 5.91 Å². The van der Waals surface area contributed by atoms with Crippen molar-refractivity contribution in [3.05, 3.63) is 59.7 Å². The van der Waals surface area contributed by atoms with Gasteiger partial charge in [-0.05, 0) is 36.2 Å². The first-order valence-corrected chi connectivity index (χ1v) is 8.14. The zero-order valence-corrected chi connectivity index (χ0v) is 13.5. The molecule has 0 aliphatic carbocycles. The summed E-state index contributed by atoms with van der Waals surface area (Å²) in [7, 11) is 0. The number of aryl methyl sites for hydroxylation is 1. The number of benzene rings is 2. The van der Waals surface area contributed by atoms with Gasteiger partial charge in [0.1, 0.15) is 0 Å². The average molecular weight is 299 g/mol. The Morgan fingerprint density at radius 2 is 1.76 bits per heavy atom. The fourth-order valence-electron chi connectivity index (χ4n) is 2.03. The third kappa shape index (κ3) is 4.36. The second kappa shape index (κ2) is 7.32. The molecule has 2 aromatic rings. The van der Waals surface area contributed by atoms with Crippen molar-refractivity contribution in [2.24, 2.45) is 0 Å². The third-order valence-electron chi connectivity index (χ3n) is 3.11. The molecule has 2 rings (SSSR count). The fourth-order valence-corrected chi connectivity index (χ4v) is 2.99. The van der Waals surface area contributed by atoms with Crippen molar-refractivity contribution in [2.45, 2.75) is 37.3 Å². The molecule has 110 valence electrons. The van der Waals surface area contributed by atoms with Crippen LogP contribution < -0.4 is 5.32 Å². The van der Waals surface area contributed by atoms with Crippen molar-refractivity contribution in [1.82, 2.24) is 0 Å². The van der Waals surface area contributed by atoms with Gasteiger partial charge in [-0.15, -0.1) is 11.8 Å². The Hall–Kier alpha value is -1.74. The highest BCUT2D eigenvalue weighted by Gasteiger charge is 2.12. The van der Waals surface area contributed by atoms with Crippen molar-refractivity contribution in [2.75, 3.05) is 5.32 Å². The standard InChI is InChI=1S/C18H21NOS/c1-4-14-9-11-15(12-10-14)19-18(20)16-7-5-6-8-17(16)21-13(2)3/h5-13H,4H2,1-3H3,(H,19,20). The molecule has 0 bridgehead atoms. The van der Waals surface area contributed by atoms with E-state index in [9.17, 15) is 4.79 Å². The van der Waals surface area contributed by atoms with Crippen LogP contribution in [0.2, 0.25) is 0 Å². The molecular formula is C18H21NOS. The molecule has 0 unspecified atom stereocenters. The molecule has 0 heterocycles. The summed E-state index contributed by atoms with van der Waals surface area (Å²) in [4.78, 5) is 13.5. The monoisotopic (exact) mass is 299 g/mol. The molecular weight excluding hydrogens is 278 g/mol. The van der Waals surface area contributed by atoms with Crippen molar-refractivity contribution < 1.29 is 4.79 Å². The van der Waals surface area contributed by atoms with E-state index < -0.39 is 0 Å². The van der Waals surface area contributed by atoms with E-state index in [-0.39, 0.29) is 5.91 Å². The number of hydrogen-bond acceptors (Lipinski definition) is 2. The van der Waals surface area contributed by atoms with Crippen LogP contribution in [0.15, 0.2) is 53.4 Å². The Morgan fingerprint density at radius 3 is 2.38 bits per heavy atom. The van der Waals surface area contributed by atoms with Crippen LogP contribution in [0.5, 0.6) is 0 Å². The molecule has 0 aliphatic heterocycles. The summed E-state index contributed by atoms with van der Waals surface area (Å²) < 4.78 is 0. The maximum atomic E-state index is 12.4. The molecule has 0 radical (unpaired) electrons. The molecule has 0 spiro atoms. The first-order chi connectivity index (χ1) is 10.1. The maximum absolute atomic E-state index is 12.4. The van der Waals surface area contributed by atoms with Gasteiger partial charge in [0.2, 0.25) is 0 Å². The molecule has 0 aliphatic rings. The lowest BCUT2D eigenvalue weighted by Crippen LogP contribution is -2.13. The summed E-state index contributed by atoms with van der Waals surface area (Å²) in [5.41, 5.74) is 2.83. The highest BCUT2D eigenvalue weighted by molar-refractivity contribution is 8.00. The highest BCUT2D eigenvalue weighted by atomic mass is 32.2. The van der Waals surface area contributed by atoms with Gasteiger partial charge in [-0.25, -0.2) is 0 Å². The van der Waals surface area contributed by atoms with Crippen LogP contribution in [0, 0.1) is 0 Å². The Morgan fingerprint density at radius 1 is 1.10 bits per heavy atom. The van der Waals surface area contributed by atoms with E-state index in [2.05, 4.69) is 26.1 Å². The van der Waals surface area contributed by atoms with E-state index in [1.54, 1.807) is 11.8 Å². The van der Waals surface area contributed by atoms with Crippen LogP contribution in [0.3, 0.4) is 0 Å². The fraction of sp³-hybridized carbons (Fsp3) is 0.278. The van der Waals surface area contributed by atoms with Gasteiger partial charge in [-0.3, -0.25) is 4.79 Å². The molecule has 1 N–H and O–H groups in total. The SMILES string of the molecule is CCc1ccc(NC(=O)c2ccccc2SC(C)C)cc1. The Labute approximate surface area is 131 Å². The van der Waals surface area contributed by atoms with Gasteiger partial charge in [0.15, 0.2) is 0 Å².